The fraction of sp³-hybridized carbons (Fsp3) is 0.519. The van der Waals surface area contributed by atoms with Crippen molar-refractivity contribution >= 4 is 15.8 Å². The molecule has 0 saturated carbocycles. The van der Waals surface area contributed by atoms with E-state index in [1.54, 1.807) is 22.5 Å². The average molecular weight is 484 g/mol. The Hall–Kier alpha value is -2.06. The van der Waals surface area contributed by atoms with Crippen LogP contribution in [0.5, 0.6) is 0 Å². The normalized spacial score (nSPS) is 19.7. The van der Waals surface area contributed by atoms with E-state index in [2.05, 4.69) is 41.4 Å². The van der Waals surface area contributed by atoms with Gasteiger partial charge in [0.2, 0.25) is 10.0 Å². The van der Waals surface area contributed by atoms with Crippen molar-refractivity contribution in [2.24, 2.45) is 5.92 Å². The van der Waals surface area contributed by atoms with Gasteiger partial charge in [-0.15, -0.1) is 0 Å². The minimum absolute atomic E-state index is 0.0882. The molecule has 34 heavy (non-hydrogen) atoms. The molecule has 2 aliphatic rings. The van der Waals surface area contributed by atoms with Gasteiger partial charge < -0.3 is 5.32 Å². The van der Waals surface area contributed by atoms with Crippen LogP contribution in [0.4, 0.5) is 0 Å². The minimum Gasteiger partial charge on any atom is -0.308 e. The van der Waals surface area contributed by atoms with Crippen molar-refractivity contribution in [3.63, 3.8) is 0 Å². The molecule has 2 saturated heterocycles. The summed E-state index contributed by atoms with van der Waals surface area (Å²) < 4.78 is 27.7. The lowest BCUT2D eigenvalue weighted by Crippen LogP contribution is -2.40. The number of benzene rings is 2. The second-order valence-corrected chi connectivity index (χ2v) is 11.6. The second kappa shape index (κ2) is 11.6. The summed E-state index contributed by atoms with van der Waals surface area (Å²) >= 11 is 0. The van der Waals surface area contributed by atoms with Crippen molar-refractivity contribution in [3.05, 3.63) is 65.7 Å². The standard InChI is InChI=1S/C27H37N3O3S/c1-22-13-17-30(18-14-22)34(32,33)25-12-8-11-24(19-25)27(31)21-28-20-26(23-9-4-2-5-10-23)29-15-6-3-7-16-29/h2,4-5,8-12,19,22,26,28H,3,6-7,13-18,20-21H2,1H3. The third-order valence-electron chi connectivity index (χ3n) is 7.18. The van der Waals surface area contributed by atoms with Crippen LogP contribution in [0.25, 0.3) is 0 Å². The first-order valence-electron chi connectivity index (χ1n) is 12.6. The van der Waals surface area contributed by atoms with Gasteiger partial charge >= 0.3 is 0 Å². The van der Waals surface area contributed by atoms with Crippen LogP contribution >= 0.6 is 0 Å². The van der Waals surface area contributed by atoms with Crippen LogP contribution in [0.1, 0.15) is 61.0 Å². The number of likely N-dealkylation sites (tertiary alicyclic amines) is 1. The topological polar surface area (TPSA) is 69.7 Å². The quantitative estimate of drug-likeness (QED) is 0.544. The van der Waals surface area contributed by atoms with E-state index in [0.29, 0.717) is 31.1 Å². The van der Waals surface area contributed by atoms with Crippen LogP contribution in [0.3, 0.4) is 0 Å². The third-order valence-corrected chi connectivity index (χ3v) is 9.07. The van der Waals surface area contributed by atoms with Gasteiger partial charge in [0.25, 0.3) is 0 Å². The predicted octanol–water partition coefficient (Wildman–Crippen LogP) is 4.11. The van der Waals surface area contributed by atoms with Gasteiger partial charge in [-0.05, 0) is 62.4 Å². The summed E-state index contributed by atoms with van der Waals surface area (Å²) in [5, 5.41) is 3.35. The van der Waals surface area contributed by atoms with Crippen molar-refractivity contribution in [2.75, 3.05) is 39.3 Å². The number of nitrogens with one attached hydrogen (secondary N) is 1. The lowest BCUT2D eigenvalue weighted by atomic mass is 10.0. The Morgan fingerprint density at radius 3 is 2.38 bits per heavy atom. The highest BCUT2D eigenvalue weighted by molar-refractivity contribution is 7.89. The predicted molar refractivity (Wildman–Crippen MR) is 135 cm³/mol. The fourth-order valence-electron chi connectivity index (χ4n) is 4.99. The van der Waals surface area contributed by atoms with Gasteiger partial charge in [-0.1, -0.05) is 55.8 Å². The molecule has 2 aliphatic heterocycles. The Morgan fingerprint density at radius 2 is 1.68 bits per heavy atom. The molecule has 1 unspecified atom stereocenters. The molecule has 2 aromatic rings. The van der Waals surface area contributed by atoms with E-state index in [4.69, 9.17) is 0 Å². The first-order chi connectivity index (χ1) is 16.4. The smallest absolute Gasteiger partial charge is 0.243 e. The maximum absolute atomic E-state index is 13.1. The van der Waals surface area contributed by atoms with E-state index < -0.39 is 10.0 Å². The van der Waals surface area contributed by atoms with E-state index in [1.807, 2.05) is 6.07 Å². The highest BCUT2D eigenvalue weighted by Gasteiger charge is 2.28. The summed E-state index contributed by atoms with van der Waals surface area (Å²) in [6, 6.07) is 17.2. The molecule has 4 rings (SSSR count). The molecule has 0 amide bonds. The lowest BCUT2D eigenvalue weighted by Gasteiger charge is -2.35. The molecule has 1 atom stereocenters. The fourth-order valence-corrected chi connectivity index (χ4v) is 6.51. The summed E-state index contributed by atoms with van der Waals surface area (Å²) in [7, 11) is -3.57. The number of carbonyl (C=O) groups excluding carboxylic acids is 1. The Bertz CT molecular complexity index is 1040. The van der Waals surface area contributed by atoms with Crippen molar-refractivity contribution in [3.8, 4) is 0 Å². The number of rotatable bonds is 9. The van der Waals surface area contributed by atoms with Gasteiger partial charge in [0.05, 0.1) is 11.4 Å². The maximum Gasteiger partial charge on any atom is 0.243 e. The number of ketones is 1. The van der Waals surface area contributed by atoms with Gasteiger partial charge in [-0.3, -0.25) is 9.69 Å². The van der Waals surface area contributed by atoms with Crippen LogP contribution in [0, 0.1) is 5.92 Å². The number of sulfonamides is 1. The Balaban J connectivity index is 1.39. The monoisotopic (exact) mass is 483 g/mol. The minimum atomic E-state index is -3.57. The van der Waals surface area contributed by atoms with Crippen LogP contribution in [-0.4, -0.2) is 62.7 Å². The van der Waals surface area contributed by atoms with Gasteiger partial charge in [0.15, 0.2) is 5.78 Å². The molecule has 0 aromatic heterocycles. The number of Topliss-reactive ketones (excluding diaryl/α,β-unsaturated/α-hetero) is 1. The van der Waals surface area contributed by atoms with E-state index >= 15 is 0 Å². The molecule has 7 heteroatoms. The summed E-state index contributed by atoms with van der Waals surface area (Å²) in [5.41, 5.74) is 1.70. The van der Waals surface area contributed by atoms with E-state index in [-0.39, 0.29) is 23.3 Å². The van der Waals surface area contributed by atoms with Crippen LogP contribution in [0.15, 0.2) is 59.5 Å². The number of piperidine rings is 2. The van der Waals surface area contributed by atoms with Gasteiger partial charge in [-0.2, -0.15) is 4.31 Å². The summed E-state index contributed by atoms with van der Waals surface area (Å²) in [5.74, 6) is 0.463. The van der Waals surface area contributed by atoms with Crippen molar-refractivity contribution in [1.82, 2.24) is 14.5 Å². The zero-order chi connectivity index (χ0) is 24.0. The SMILES string of the molecule is CC1CCN(S(=O)(=O)c2cccc(C(=O)CNCC(c3ccccc3)N3CCCCC3)c2)CC1. The second-order valence-electron chi connectivity index (χ2n) is 9.69. The maximum atomic E-state index is 13.1. The average Bonchev–Trinajstić information content (AvgIpc) is 2.88. The van der Waals surface area contributed by atoms with E-state index in [1.165, 1.54) is 30.9 Å². The number of carbonyl (C=O) groups is 1. The first kappa shape index (κ1) is 25.0. The molecule has 2 aromatic carbocycles. The molecule has 184 valence electrons. The summed E-state index contributed by atoms with van der Waals surface area (Å²) in [6.45, 7) is 6.25. The molecule has 1 N–H and O–H groups in total. The van der Waals surface area contributed by atoms with Crippen molar-refractivity contribution in [2.45, 2.75) is 50.0 Å². The largest absolute Gasteiger partial charge is 0.308 e. The summed E-state index contributed by atoms with van der Waals surface area (Å²) in [4.78, 5) is 15.7. The molecular formula is C27H37N3O3S. The molecule has 0 aliphatic carbocycles. The van der Waals surface area contributed by atoms with Gasteiger partial charge in [0, 0.05) is 31.2 Å². The molecule has 0 spiro atoms. The van der Waals surface area contributed by atoms with Gasteiger partial charge in [-0.25, -0.2) is 8.42 Å². The van der Waals surface area contributed by atoms with Crippen LogP contribution in [0.2, 0.25) is 0 Å². The zero-order valence-electron chi connectivity index (χ0n) is 20.2. The zero-order valence-corrected chi connectivity index (χ0v) is 21.0. The van der Waals surface area contributed by atoms with Gasteiger partial charge in [0.1, 0.15) is 0 Å². The van der Waals surface area contributed by atoms with E-state index in [9.17, 15) is 13.2 Å². The highest BCUT2D eigenvalue weighted by atomic mass is 32.2. The number of hydrogen-bond acceptors (Lipinski definition) is 5. The molecule has 0 radical (unpaired) electrons. The lowest BCUT2D eigenvalue weighted by molar-refractivity contribution is 0.0983. The first-order valence-corrected chi connectivity index (χ1v) is 14.0. The van der Waals surface area contributed by atoms with Crippen LogP contribution in [-0.2, 0) is 10.0 Å². The van der Waals surface area contributed by atoms with Crippen molar-refractivity contribution in [1.29, 1.82) is 0 Å². The molecule has 6 nitrogen and oxygen atoms in total. The molecular weight excluding hydrogens is 446 g/mol. The Morgan fingerprint density at radius 1 is 0.971 bits per heavy atom. The number of nitrogens with zero attached hydrogens (tertiary/aromatic N) is 2. The summed E-state index contributed by atoms with van der Waals surface area (Å²) in [6.07, 6.45) is 5.45. The van der Waals surface area contributed by atoms with Crippen LogP contribution < -0.4 is 5.32 Å². The molecule has 2 fully saturated rings. The highest BCUT2D eigenvalue weighted by Crippen LogP contribution is 2.25. The Labute approximate surface area is 204 Å². The Kier molecular flexibility index (Phi) is 8.53. The van der Waals surface area contributed by atoms with E-state index in [0.717, 1.165) is 25.9 Å². The molecule has 2 heterocycles. The number of hydrogen-bond donors (Lipinski definition) is 1. The molecule has 0 bridgehead atoms. The van der Waals surface area contributed by atoms with Crippen molar-refractivity contribution < 1.29 is 13.2 Å². The third kappa shape index (κ3) is 6.13.